The van der Waals surface area contributed by atoms with Gasteiger partial charge in [0.15, 0.2) is 5.17 Å². The van der Waals surface area contributed by atoms with Crippen molar-refractivity contribution in [2.24, 2.45) is 10.9 Å². The van der Waals surface area contributed by atoms with Crippen molar-refractivity contribution in [1.82, 2.24) is 10.3 Å². The Kier molecular flexibility index (Phi) is 5.67. The van der Waals surface area contributed by atoms with Gasteiger partial charge >= 0.3 is 0 Å². The van der Waals surface area contributed by atoms with Gasteiger partial charge in [-0.2, -0.15) is 4.99 Å². The molecule has 9 heteroatoms. The van der Waals surface area contributed by atoms with Crippen LogP contribution in [0.5, 0.6) is 0 Å². The number of nitrogens with one attached hydrogen (secondary N) is 2. The van der Waals surface area contributed by atoms with Gasteiger partial charge < -0.3 is 10.6 Å². The van der Waals surface area contributed by atoms with Crippen molar-refractivity contribution < 1.29 is 14.4 Å². The number of carbonyl (C=O) groups is 3. The fourth-order valence-corrected chi connectivity index (χ4v) is 2.60. The number of anilines is 1. The molecule has 7 nitrogen and oxygen atoms in total. The van der Waals surface area contributed by atoms with E-state index < -0.39 is 11.8 Å². The van der Waals surface area contributed by atoms with E-state index in [0.29, 0.717) is 12.2 Å². The third kappa shape index (κ3) is 4.38. The maximum Gasteiger partial charge on any atom is 0.260 e. The summed E-state index contributed by atoms with van der Waals surface area (Å²) in [5.41, 5.74) is 0. The van der Waals surface area contributed by atoms with Crippen LogP contribution >= 0.6 is 27.7 Å². The molecule has 116 valence electrons. The molecule has 0 aliphatic carbocycles. The summed E-state index contributed by atoms with van der Waals surface area (Å²) in [4.78, 5) is 42.9. The second-order valence-corrected chi connectivity index (χ2v) is 6.28. The second-order valence-electron chi connectivity index (χ2n) is 4.40. The molecule has 2 N–H and O–H groups in total. The Bertz CT molecular complexity index is 633. The van der Waals surface area contributed by atoms with E-state index in [1.54, 1.807) is 25.3 Å². The van der Waals surface area contributed by atoms with Gasteiger partial charge in [-0.25, -0.2) is 4.98 Å². The summed E-state index contributed by atoms with van der Waals surface area (Å²) in [6.07, 6.45) is 1.97. The lowest BCUT2D eigenvalue weighted by atomic mass is 10.0. The third-order valence-corrected chi connectivity index (χ3v) is 4.14. The highest BCUT2D eigenvalue weighted by molar-refractivity contribution is 9.10. The number of carbonyl (C=O) groups excluding carboxylic acids is 3. The zero-order valence-corrected chi connectivity index (χ0v) is 14.0. The smallest absolute Gasteiger partial charge is 0.260 e. The predicted octanol–water partition coefficient (Wildman–Crippen LogP) is 1.55. The van der Waals surface area contributed by atoms with E-state index in [0.717, 1.165) is 16.2 Å². The van der Waals surface area contributed by atoms with Crippen LogP contribution in [-0.4, -0.2) is 33.6 Å². The van der Waals surface area contributed by atoms with Crippen LogP contribution in [0.2, 0.25) is 0 Å². The molecule has 1 aromatic rings. The van der Waals surface area contributed by atoms with Gasteiger partial charge in [-0.05, 0) is 34.5 Å². The molecule has 0 saturated heterocycles. The fourth-order valence-electron chi connectivity index (χ4n) is 1.70. The number of amidine groups is 1. The van der Waals surface area contributed by atoms with Crippen LogP contribution in [0.3, 0.4) is 0 Å². The molecule has 1 atom stereocenters. The van der Waals surface area contributed by atoms with Crippen LogP contribution in [0, 0.1) is 5.92 Å². The van der Waals surface area contributed by atoms with Crippen LogP contribution in [0.15, 0.2) is 27.8 Å². The number of nitrogens with zero attached hydrogens (tertiary/aromatic N) is 2. The SMILES string of the molecule is CC[C@@H]1C(=O)N=C(SCC(=O)Nc2ccc(Br)cn2)NC1=O. The Morgan fingerprint density at radius 3 is 2.82 bits per heavy atom. The monoisotopic (exact) mass is 384 g/mol. The van der Waals surface area contributed by atoms with Gasteiger partial charge in [0.2, 0.25) is 11.8 Å². The van der Waals surface area contributed by atoms with Crippen molar-refractivity contribution in [3.8, 4) is 0 Å². The van der Waals surface area contributed by atoms with E-state index in [4.69, 9.17) is 0 Å². The van der Waals surface area contributed by atoms with Gasteiger partial charge in [0.1, 0.15) is 11.7 Å². The van der Waals surface area contributed by atoms with E-state index in [9.17, 15) is 14.4 Å². The van der Waals surface area contributed by atoms with Crippen molar-refractivity contribution >= 4 is 56.4 Å². The summed E-state index contributed by atoms with van der Waals surface area (Å²) in [6.45, 7) is 1.74. The van der Waals surface area contributed by atoms with Gasteiger partial charge in [-0.1, -0.05) is 18.7 Å². The zero-order chi connectivity index (χ0) is 16.1. The van der Waals surface area contributed by atoms with E-state index in [-0.39, 0.29) is 22.7 Å². The lowest BCUT2D eigenvalue weighted by molar-refractivity contribution is -0.133. The molecule has 0 radical (unpaired) electrons. The minimum Gasteiger partial charge on any atom is -0.310 e. The number of hydrogen-bond donors (Lipinski definition) is 2. The predicted molar refractivity (Wildman–Crippen MR) is 87.4 cm³/mol. The van der Waals surface area contributed by atoms with Crippen LogP contribution in [0.25, 0.3) is 0 Å². The maximum atomic E-state index is 11.8. The van der Waals surface area contributed by atoms with E-state index in [2.05, 4.69) is 36.5 Å². The quantitative estimate of drug-likeness (QED) is 0.767. The summed E-state index contributed by atoms with van der Waals surface area (Å²) >= 11 is 4.25. The standard InChI is InChI=1S/C13H13BrN4O3S/c1-2-8-11(20)17-13(18-12(8)21)22-6-10(19)16-9-4-3-7(14)5-15-9/h3-5,8H,2,6H2,1H3,(H,15,16,19)(H,17,18,20,21). The molecule has 2 heterocycles. The number of thioether (sulfide) groups is 1. The number of rotatable bonds is 4. The number of aliphatic imine (C=N–C) groups is 1. The molecule has 0 bridgehead atoms. The second kappa shape index (κ2) is 7.50. The van der Waals surface area contributed by atoms with E-state index >= 15 is 0 Å². The number of amides is 3. The van der Waals surface area contributed by atoms with Crippen molar-refractivity contribution in [3.05, 3.63) is 22.8 Å². The first kappa shape index (κ1) is 16.6. The number of halogens is 1. The van der Waals surface area contributed by atoms with Crippen LogP contribution in [-0.2, 0) is 14.4 Å². The average Bonchev–Trinajstić information content (AvgIpc) is 2.47. The summed E-state index contributed by atoms with van der Waals surface area (Å²) in [7, 11) is 0. The van der Waals surface area contributed by atoms with Crippen molar-refractivity contribution in [3.63, 3.8) is 0 Å². The molecule has 2 rings (SSSR count). The Morgan fingerprint density at radius 1 is 1.45 bits per heavy atom. The zero-order valence-electron chi connectivity index (χ0n) is 11.6. The summed E-state index contributed by atoms with van der Waals surface area (Å²) in [6, 6.07) is 3.41. The highest BCUT2D eigenvalue weighted by Gasteiger charge is 2.30. The highest BCUT2D eigenvalue weighted by Crippen LogP contribution is 2.15. The van der Waals surface area contributed by atoms with Gasteiger partial charge in [0.05, 0.1) is 5.75 Å². The summed E-state index contributed by atoms with van der Waals surface area (Å²) < 4.78 is 0.808. The molecular formula is C13H13BrN4O3S. The Hall–Kier alpha value is -1.74. The topological polar surface area (TPSA) is 101 Å². The van der Waals surface area contributed by atoms with Gasteiger partial charge in [-0.15, -0.1) is 0 Å². The first-order valence-corrected chi connectivity index (χ1v) is 8.25. The average molecular weight is 385 g/mol. The lowest BCUT2D eigenvalue weighted by Crippen LogP contribution is -2.42. The molecule has 3 amide bonds. The molecule has 0 fully saturated rings. The Labute approximate surface area is 139 Å². The van der Waals surface area contributed by atoms with Gasteiger partial charge in [-0.3, -0.25) is 14.4 Å². The first-order chi connectivity index (χ1) is 10.5. The van der Waals surface area contributed by atoms with E-state index in [1.807, 2.05) is 0 Å². The molecule has 0 saturated carbocycles. The maximum absolute atomic E-state index is 11.8. The molecule has 1 aliphatic heterocycles. The Morgan fingerprint density at radius 2 is 2.23 bits per heavy atom. The number of pyridine rings is 1. The number of aromatic nitrogens is 1. The van der Waals surface area contributed by atoms with Crippen molar-refractivity contribution in [1.29, 1.82) is 0 Å². The van der Waals surface area contributed by atoms with Crippen LogP contribution in [0.4, 0.5) is 5.82 Å². The number of hydrogen-bond acceptors (Lipinski definition) is 5. The van der Waals surface area contributed by atoms with Gasteiger partial charge in [0, 0.05) is 10.7 Å². The molecule has 0 aromatic carbocycles. The third-order valence-electron chi connectivity index (χ3n) is 2.80. The highest BCUT2D eigenvalue weighted by atomic mass is 79.9. The molecule has 0 spiro atoms. The Balaban J connectivity index is 1.87. The summed E-state index contributed by atoms with van der Waals surface area (Å²) in [5.74, 6) is -1.44. The minimum atomic E-state index is -0.731. The lowest BCUT2D eigenvalue weighted by Gasteiger charge is -2.18. The van der Waals surface area contributed by atoms with Crippen LogP contribution < -0.4 is 10.6 Å². The summed E-state index contributed by atoms with van der Waals surface area (Å²) in [5, 5.41) is 5.28. The molecule has 1 aliphatic rings. The normalized spacial score (nSPS) is 17.7. The fraction of sp³-hybridized carbons (Fsp3) is 0.308. The first-order valence-electron chi connectivity index (χ1n) is 6.47. The molecule has 1 aromatic heterocycles. The largest absolute Gasteiger partial charge is 0.310 e. The molecule has 22 heavy (non-hydrogen) atoms. The molecule has 0 unspecified atom stereocenters. The minimum absolute atomic E-state index is 0.0148. The van der Waals surface area contributed by atoms with E-state index in [1.165, 1.54) is 0 Å². The van der Waals surface area contributed by atoms with Crippen molar-refractivity contribution in [2.45, 2.75) is 13.3 Å². The van der Waals surface area contributed by atoms with Crippen molar-refractivity contribution in [2.75, 3.05) is 11.1 Å². The van der Waals surface area contributed by atoms with Gasteiger partial charge in [0.25, 0.3) is 5.91 Å². The van der Waals surface area contributed by atoms with Crippen LogP contribution in [0.1, 0.15) is 13.3 Å². The molecular weight excluding hydrogens is 372 g/mol.